The molecule has 1 aliphatic heterocycles. The molecule has 22 heavy (non-hydrogen) atoms. The highest BCUT2D eigenvalue weighted by Crippen LogP contribution is 2.26. The van der Waals surface area contributed by atoms with E-state index in [4.69, 9.17) is 0 Å². The van der Waals surface area contributed by atoms with Gasteiger partial charge in [-0.25, -0.2) is 9.18 Å². The molecule has 1 N–H and O–H groups in total. The molecule has 3 nitrogen and oxygen atoms in total. The van der Waals surface area contributed by atoms with E-state index in [1.165, 1.54) is 17.7 Å². The van der Waals surface area contributed by atoms with Crippen molar-refractivity contribution < 1.29 is 9.18 Å². The van der Waals surface area contributed by atoms with Crippen molar-refractivity contribution in [2.45, 2.75) is 19.3 Å². The van der Waals surface area contributed by atoms with Gasteiger partial charge in [-0.2, -0.15) is 0 Å². The number of carbonyl (C=O) groups is 1. The van der Waals surface area contributed by atoms with Crippen molar-refractivity contribution in [2.75, 3.05) is 18.0 Å². The van der Waals surface area contributed by atoms with Gasteiger partial charge in [0.05, 0.1) is 0 Å². The summed E-state index contributed by atoms with van der Waals surface area (Å²) in [5.41, 5.74) is 3.10. The predicted octanol–water partition coefficient (Wildman–Crippen LogP) is 3.53. The topological polar surface area (TPSA) is 32.3 Å². The van der Waals surface area contributed by atoms with Crippen LogP contribution < -0.4 is 10.2 Å². The fourth-order valence-corrected chi connectivity index (χ4v) is 2.85. The van der Waals surface area contributed by atoms with Crippen molar-refractivity contribution in [3.05, 3.63) is 65.5 Å². The van der Waals surface area contributed by atoms with Crippen LogP contribution in [0.4, 0.5) is 14.9 Å². The number of hydrogen-bond donors (Lipinski definition) is 1. The highest BCUT2D eigenvalue weighted by molar-refractivity contribution is 5.93. The van der Waals surface area contributed by atoms with Gasteiger partial charge in [-0.15, -0.1) is 0 Å². The third kappa shape index (κ3) is 3.27. The zero-order valence-electron chi connectivity index (χ0n) is 12.4. The lowest BCUT2D eigenvalue weighted by Gasteiger charge is -2.29. The molecule has 114 valence electrons. The first kappa shape index (κ1) is 14.6. The predicted molar refractivity (Wildman–Crippen MR) is 85.6 cm³/mol. The van der Waals surface area contributed by atoms with Gasteiger partial charge in [0.25, 0.3) is 0 Å². The first-order valence-electron chi connectivity index (χ1n) is 7.62. The molecule has 0 saturated heterocycles. The lowest BCUT2D eigenvalue weighted by atomic mass is 10.0. The molecule has 2 amide bonds. The highest BCUT2D eigenvalue weighted by atomic mass is 19.1. The first-order chi connectivity index (χ1) is 10.7. The summed E-state index contributed by atoms with van der Waals surface area (Å²) in [6.45, 7) is 1.24. The minimum absolute atomic E-state index is 0.0800. The van der Waals surface area contributed by atoms with Crippen molar-refractivity contribution in [2.24, 2.45) is 0 Å². The van der Waals surface area contributed by atoms with E-state index in [9.17, 15) is 9.18 Å². The fourth-order valence-electron chi connectivity index (χ4n) is 2.85. The van der Waals surface area contributed by atoms with Crippen LogP contribution >= 0.6 is 0 Å². The summed E-state index contributed by atoms with van der Waals surface area (Å²) in [5, 5.41) is 2.93. The van der Waals surface area contributed by atoms with Crippen LogP contribution in [0.1, 0.15) is 17.5 Å². The number of rotatable bonds is 3. The van der Waals surface area contributed by atoms with Crippen LogP contribution in [0.3, 0.4) is 0 Å². The number of benzene rings is 2. The SMILES string of the molecule is O=C(NCCc1cccc(F)c1)N1CCCc2ccccc21. The van der Waals surface area contributed by atoms with E-state index in [-0.39, 0.29) is 11.8 Å². The van der Waals surface area contributed by atoms with Crippen LogP contribution in [0.5, 0.6) is 0 Å². The lowest BCUT2D eigenvalue weighted by Crippen LogP contribution is -2.43. The minimum Gasteiger partial charge on any atom is -0.337 e. The number of aryl methyl sites for hydroxylation is 1. The highest BCUT2D eigenvalue weighted by Gasteiger charge is 2.21. The summed E-state index contributed by atoms with van der Waals surface area (Å²) in [4.78, 5) is 14.2. The van der Waals surface area contributed by atoms with E-state index in [2.05, 4.69) is 11.4 Å². The summed E-state index contributed by atoms with van der Waals surface area (Å²) in [7, 11) is 0. The fraction of sp³-hybridized carbons (Fsp3) is 0.278. The van der Waals surface area contributed by atoms with Crippen molar-refractivity contribution in [3.63, 3.8) is 0 Å². The molecule has 1 heterocycles. The zero-order chi connectivity index (χ0) is 15.4. The molecule has 0 atom stereocenters. The Morgan fingerprint density at radius 1 is 1.18 bits per heavy atom. The third-order valence-electron chi connectivity index (χ3n) is 3.93. The monoisotopic (exact) mass is 298 g/mol. The number of anilines is 1. The van der Waals surface area contributed by atoms with E-state index in [0.717, 1.165) is 30.6 Å². The molecule has 3 rings (SSSR count). The van der Waals surface area contributed by atoms with Crippen LogP contribution in [0.25, 0.3) is 0 Å². The summed E-state index contributed by atoms with van der Waals surface area (Å²) >= 11 is 0. The Labute approximate surface area is 129 Å². The number of para-hydroxylation sites is 1. The second-order valence-electron chi connectivity index (χ2n) is 5.50. The van der Waals surface area contributed by atoms with Crippen molar-refractivity contribution in [1.82, 2.24) is 5.32 Å². The Morgan fingerprint density at radius 2 is 2.05 bits per heavy atom. The molecule has 0 aliphatic carbocycles. The summed E-state index contributed by atoms with van der Waals surface area (Å²) in [6, 6.07) is 14.4. The van der Waals surface area contributed by atoms with Crippen molar-refractivity contribution >= 4 is 11.7 Å². The lowest BCUT2D eigenvalue weighted by molar-refractivity contribution is 0.246. The number of urea groups is 1. The van der Waals surface area contributed by atoms with E-state index in [0.29, 0.717) is 13.0 Å². The van der Waals surface area contributed by atoms with E-state index in [1.54, 1.807) is 11.0 Å². The summed E-state index contributed by atoms with van der Waals surface area (Å²) in [6.07, 6.45) is 2.62. The molecule has 0 spiro atoms. The van der Waals surface area contributed by atoms with Gasteiger partial charge in [0, 0.05) is 18.8 Å². The zero-order valence-corrected chi connectivity index (χ0v) is 12.4. The third-order valence-corrected chi connectivity index (χ3v) is 3.93. The summed E-state index contributed by atoms with van der Waals surface area (Å²) < 4.78 is 13.1. The molecule has 0 fully saturated rings. The number of amides is 2. The molecule has 1 aliphatic rings. The van der Waals surface area contributed by atoms with E-state index >= 15 is 0 Å². The Balaban J connectivity index is 1.59. The molecule has 0 unspecified atom stereocenters. The number of fused-ring (bicyclic) bond motifs is 1. The normalized spacial score (nSPS) is 13.6. The summed E-state index contributed by atoms with van der Waals surface area (Å²) in [5.74, 6) is -0.242. The number of hydrogen-bond acceptors (Lipinski definition) is 1. The number of nitrogens with zero attached hydrogens (tertiary/aromatic N) is 1. The van der Waals surface area contributed by atoms with Gasteiger partial charge in [0.15, 0.2) is 0 Å². The number of halogens is 1. The Hall–Kier alpha value is -2.36. The average Bonchev–Trinajstić information content (AvgIpc) is 2.54. The molecule has 0 aromatic heterocycles. The smallest absolute Gasteiger partial charge is 0.321 e. The number of nitrogens with one attached hydrogen (secondary N) is 1. The molecule has 0 bridgehead atoms. The van der Waals surface area contributed by atoms with Gasteiger partial charge in [0.1, 0.15) is 5.82 Å². The van der Waals surface area contributed by atoms with Gasteiger partial charge >= 0.3 is 6.03 Å². The maximum Gasteiger partial charge on any atom is 0.321 e. The maximum absolute atomic E-state index is 13.1. The maximum atomic E-state index is 13.1. The molecular formula is C18H19FN2O. The Bertz CT molecular complexity index is 672. The van der Waals surface area contributed by atoms with Crippen LogP contribution in [-0.4, -0.2) is 19.1 Å². The molecule has 0 radical (unpaired) electrons. The van der Waals surface area contributed by atoms with E-state index < -0.39 is 0 Å². The van der Waals surface area contributed by atoms with E-state index in [1.807, 2.05) is 24.3 Å². The minimum atomic E-state index is -0.242. The average molecular weight is 298 g/mol. The molecule has 2 aromatic carbocycles. The van der Waals surface area contributed by atoms with Gasteiger partial charge in [-0.05, 0) is 48.6 Å². The van der Waals surface area contributed by atoms with Crippen molar-refractivity contribution in [3.8, 4) is 0 Å². The second-order valence-corrected chi connectivity index (χ2v) is 5.50. The van der Waals surface area contributed by atoms with Crippen LogP contribution in [0.15, 0.2) is 48.5 Å². The molecule has 0 saturated carbocycles. The van der Waals surface area contributed by atoms with Crippen LogP contribution in [0.2, 0.25) is 0 Å². The van der Waals surface area contributed by atoms with Gasteiger partial charge < -0.3 is 5.32 Å². The Kier molecular flexibility index (Phi) is 4.37. The first-order valence-corrected chi connectivity index (χ1v) is 7.62. The molecule has 4 heteroatoms. The van der Waals surface area contributed by atoms with Crippen LogP contribution in [-0.2, 0) is 12.8 Å². The van der Waals surface area contributed by atoms with Crippen molar-refractivity contribution in [1.29, 1.82) is 0 Å². The number of carbonyl (C=O) groups excluding carboxylic acids is 1. The van der Waals surface area contributed by atoms with Crippen LogP contribution in [0, 0.1) is 5.82 Å². The molecular weight excluding hydrogens is 279 g/mol. The molecule has 2 aromatic rings. The largest absolute Gasteiger partial charge is 0.337 e. The van der Waals surface area contributed by atoms with Gasteiger partial charge in [-0.1, -0.05) is 30.3 Å². The van der Waals surface area contributed by atoms with Gasteiger partial charge in [-0.3, -0.25) is 4.90 Å². The second kappa shape index (κ2) is 6.60. The van der Waals surface area contributed by atoms with Gasteiger partial charge in [0.2, 0.25) is 0 Å². The standard InChI is InChI=1S/C18H19FN2O/c19-16-8-3-5-14(13-16)10-11-20-18(22)21-12-4-7-15-6-1-2-9-17(15)21/h1-3,5-6,8-9,13H,4,7,10-12H2,(H,20,22). The Morgan fingerprint density at radius 3 is 2.91 bits per heavy atom. The quantitative estimate of drug-likeness (QED) is 0.923.